The van der Waals surface area contributed by atoms with Crippen molar-refractivity contribution in [1.29, 1.82) is 0 Å². The quantitative estimate of drug-likeness (QED) is 0.303. The molecule has 7 nitrogen and oxygen atoms in total. The van der Waals surface area contributed by atoms with Gasteiger partial charge in [-0.3, -0.25) is 21.0 Å². The zero-order valence-electron chi connectivity index (χ0n) is 11.5. The number of hydrogen-bond donors (Lipinski definition) is 3. The summed E-state index contributed by atoms with van der Waals surface area (Å²) in [6.07, 6.45) is 0.978. The molecule has 0 aliphatic carbocycles. The van der Waals surface area contributed by atoms with E-state index in [1.165, 1.54) is 12.1 Å². The first-order chi connectivity index (χ1) is 9.49. The van der Waals surface area contributed by atoms with Crippen LogP contribution in [0.25, 0.3) is 0 Å². The molecule has 0 spiro atoms. The summed E-state index contributed by atoms with van der Waals surface area (Å²) in [4.78, 5) is 12.3. The SMILES string of the molecule is CN(C)CCCNC(=S)NNc1cccc([N+](=O)[O-])c1. The Bertz CT molecular complexity index is 467. The molecule has 0 atom stereocenters. The van der Waals surface area contributed by atoms with Crippen LogP contribution in [-0.2, 0) is 0 Å². The molecule has 0 radical (unpaired) electrons. The monoisotopic (exact) mass is 297 g/mol. The molecule has 0 saturated heterocycles. The molecular weight excluding hydrogens is 278 g/mol. The zero-order valence-corrected chi connectivity index (χ0v) is 12.4. The second-order valence-electron chi connectivity index (χ2n) is 4.47. The van der Waals surface area contributed by atoms with Crippen LogP contribution in [0.3, 0.4) is 0 Å². The Hall–Kier alpha value is -1.93. The van der Waals surface area contributed by atoms with Gasteiger partial charge in [-0.25, -0.2) is 0 Å². The number of anilines is 1. The lowest BCUT2D eigenvalue weighted by Gasteiger charge is -2.13. The minimum absolute atomic E-state index is 0.0293. The third-order valence-corrected chi connectivity index (χ3v) is 2.69. The third-order valence-electron chi connectivity index (χ3n) is 2.45. The van der Waals surface area contributed by atoms with Crippen molar-refractivity contribution in [1.82, 2.24) is 15.6 Å². The van der Waals surface area contributed by atoms with Crippen LogP contribution >= 0.6 is 12.2 Å². The smallest absolute Gasteiger partial charge is 0.271 e. The van der Waals surface area contributed by atoms with Gasteiger partial charge in [0, 0.05) is 18.7 Å². The zero-order chi connectivity index (χ0) is 15.0. The van der Waals surface area contributed by atoms with E-state index in [1.54, 1.807) is 12.1 Å². The van der Waals surface area contributed by atoms with Crippen LogP contribution in [0.1, 0.15) is 6.42 Å². The lowest BCUT2D eigenvalue weighted by atomic mass is 10.3. The predicted molar refractivity (Wildman–Crippen MR) is 83.6 cm³/mol. The van der Waals surface area contributed by atoms with E-state index in [-0.39, 0.29) is 5.69 Å². The Morgan fingerprint density at radius 1 is 1.45 bits per heavy atom. The Morgan fingerprint density at radius 2 is 2.20 bits per heavy atom. The van der Waals surface area contributed by atoms with Gasteiger partial charge in [0.25, 0.3) is 5.69 Å². The standard InChI is InChI=1S/C12H19N5O2S/c1-16(2)8-4-7-13-12(20)15-14-10-5-3-6-11(9-10)17(18)19/h3,5-6,9,14H,4,7-8H2,1-2H3,(H2,13,15,20). The average molecular weight is 297 g/mol. The number of benzene rings is 1. The van der Waals surface area contributed by atoms with Gasteiger partial charge in [-0.2, -0.15) is 0 Å². The second kappa shape index (κ2) is 8.28. The highest BCUT2D eigenvalue weighted by atomic mass is 32.1. The van der Waals surface area contributed by atoms with Crippen LogP contribution in [0.4, 0.5) is 11.4 Å². The van der Waals surface area contributed by atoms with Crippen molar-refractivity contribution in [3.8, 4) is 0 Å². The molecular formula is C12H19N5O2S. The summed E-state index contributed by atoms with van der Waals surface area (Å²) in [7, 11) is 4.03. The third kappa shape index (κ3) is 6.30. The highest BCUT2D eigenvalue weighted by molar-refractivity contribution is 7.80. The van der Waals surface area contributed by atoms with Gasteiger partial charge in [0.15, 0.2) is 5.11 Å². The van der Waals surface area contributed by atoms with Crippen LogP contribution in [0, 0.1) is 10.1 Å². The molecule has 1 aromatic carbocycles. The number of nitro groups is 1. The molecule has 8 heteroatoms. The molecule has 0 aliphatic rings. The normalized spacial score (nSPS) is 10.2. The molecule has 0 bridgehead atoms. The van der Waals surface area contributed by atoms with Crippen molar-refractivity contribution >= 4 is 28.7 Å². The number of nitrogens with one attached hydrogen (secondary N) is 3. The summed E-state index contributed by atoms with van der Waals surface area (Å²) in [6, 6.07) is 6.19. The summed E-state index contributed by atoms with van der Waals surface area (Å²) in [5, 5.41) is 14.1. The van der Waals surface area contributed by atoms with Gasteiger partial charge in [0.05, 0.1) is 10.6 Å². The predicted octanol–water partition coefficient (Wildman–Crippen LogP) is 1.34. The topological polar surface area (TPSA) is 82.5 Å². The minimum atomic E-state index is -0.441. The van der Waals surface area contributed by atoms with Crippen LogP contribution in [0.15, 0.2) is 24.3 Å². The van der Waals surface area contributed by atoms with E-state index < -0.39 is 4.92 Å². The Balaban J connectivity index is 2.30. The van der Waals surface area contributed by atoms with E-state index in [0.717, 1.165) is 19.5 Å². The van der Waals surface area contributed by atoms with Crippen molar-refractivity contribution in [2.24, 2.45) is 0 Å². The first-order valence-corrected chi connectivity index (χ1v) is 6.59. The summed E-state index contributed by atoms with van der Waals surface area (Å²) >= 11 is 5.08. The lowest BCUT2D eigenvalue weighted by molar-refractivity contribution is -0.384. The molecule has 20 heavy (non-hydrogen) atoms. The van der Waals surface area contributed by atoms with Gasteiger partial charge in [-0.05, 0) is 45.3 Å². The summed E-state index contributed by atoms with van der Waals surface area (Å²) in [5.74, 6) is 0. The molecule has 1 aromatic rings. The van der Waals surface area contributed by atoms with Crippen LogP contribution in [-0.4, -0.2) is 42.1 Å². The van der Waals surface area contributed by atoms with Gasteiger partial charge in [-0.15, -0.1) is 0 Å². The van der Waals surface area contributed by atoms with Gasteiger partial charge in [-0.1, -0.05) is 6.07 Å². The van der Waals surface area contributed by atoms with Crippen molar-refractivity contribution in [3.63, 3.8) is 0 Å². The number of rotatable bonds is 7. The highest BCUT2D eigenvalue weighted by Gasteiger charge is 2.05. The summed E-state index contributed by atoms with van der Waals surface area (Å²) in [6.45, 7) is 1.74. The highest BCUT2D eigenvalue weighted by Crippen LogP contribution is 2.15. The van der Waals surface area contributed by atoms with Crippen LogP contribution < -0.4 is 16.2 Å². The number of nitro benzene ring substituents is 1. The molecule has 110 valence electrons. The molecule has 0 saturated carbocycles. The Morgan fingerprint density at radius 3 is 2.85 bits per heavy atom. The van der Waals surface area contributed by atoms with Gasteiger partial charge in [0.1, 0.15) is 0 Å². The maximum atomic E-state index is 10.6. The van der Waals surface area contributed by atoms with Crippen molar-refractivity contribution in [3.05, 3.63) is 34.4 Å². The molecule has 0 fully saturated rings. The van der Waals surface area contributed by atoms with Gasteiger partial charge < -0.3 is 10.2 Å². The average Bonchev–Trinajstić information content (AvgIpc) is 2.41. The van der Waals surface area contributed by atoms with E-state index in [4.69, 9.17) is 12.2 Å². The molecule has 3 N–H and O–H groups in total. The lowest BCUT2D eigenvalue weighted by Crippen LogP contribution is -2.39. The fraction of sp³-hybridized carbons (Fsp3) is 0.417. The number of thiocarbonyl (C=S) groups is 1. The Kier molecular flexibility index (Phi) is 6.68. The molecule has 0 amide bonds. The van der Waals surface area contributed by atoms with Gasteiger partial charge in [0.2, 0.25) is 0 Å². The van der Waals surface area contributed by atoms with Crippen LogP contribution in [0.5, 0.6) is 0 Å². The van der Waals surface area contributed by atoms with Crippen molar-refractivity contribution in [2.45, 2.75) is 6.42 Å². The molecule has 0 unspecified atom stereocenters. The molecule has 0 aliphatic heterocycles. The Labute approximate surface area is 123 Å². The first-order valence-electron chi connectivity index (χ1n) is 6.18. The van der Waals surface area contributed by atoms with E-state index in [2.05, 4.69) is 21.1 Å². The van der Waals surface area contributed by atoms with Crippen molar-refractivity contribution < 1.29 is 4.92 Å². The summed E-state index contributed by atoms with van der Waals surface area (Å²) in [5.41, 5.74) is 6.22. The fourth-order valence-corrected chi connectivity index (χ4v) is 1.62. The fourth-order valence-electron chi connectivity index (χ4n) is 1.47. The minimum Gasteiger partial charge on any atom is -0.361 e. The number of hydrogen-bond acceptors (Lipinski definition) is 5. The first kappa shape index (κ1) is 16.1. The largest absolute Gasteiger partial charge is 0.361 e. The van der Waals surface area contributed by atoms with E-state index in [1.807, 2.05) is 14.1 Å². The van der Waals surface area contributed by atoms with E-state index >= 15 is 0 Å². The summed E-state index contributed by atoms with van der Waals surface area (Å²) < 4.78 is 0. The number of non-ortho nitro benzene ring substituents is 1. The molecule has 1 rings (SSSR count). The number of nitrogens with zero attached hydrogens (tertiary/aromatic N) is 2. The molecule has 0 heterocycles. The van der Waals surface area contributed by atoms with Crippen molar-refractivity contribution in [2.75, 3.05) is 32.6 Å². The van der Waals surface area contributed by atoms with E-state index in [0.29, 0.717) is 10.8 Å². The molecule has 0 aromatic heterocycles. The number of hydrazine groups is 1. The maximum absolute atomic E-state index is 10.6. The maximum Gasteiger partial charge on any atom is 0.271 e. The van der Waals surface area contributed by atoms with Crippen LogP contribution in [0.2, 0.25) is 0 Å². The van der Waals surface area contributed by atoms with Gasteiger partial charge >= 0.3 is 0 Å². The van der Waals surface area contributed by atoms with E-state index in [9.17, 15) is 10.1 Å². The second-order valence-corrected chi connectivity index (χ2v) is 4.88.